The van der Waals surface area contributed by atoms with Crippen LogP contribution in [0.2, 0.25) is 0 Å². The number of benzene rings is 1. The van der Waals surface area contributed by atoms with Gasteiger partial charge in [-0.3, -0.25) is 0 Å². The Labute approximate surface area is 169 Å². The standard InChI is InChI=1S/C20H25N7O2/c1-28-18-6-13(9-22-14-4-5-29-12-14)2-3-16(18)17-7-19(27-26-17)25-20-11-23-15(8-21)10-24-20/h2-3,6,10-11,14,17,19,22,26-27H,4-5,7,9,12H2,1H3,(H,24,25). The molecule has 3 heterocycles. The number of rotatable bonds is 7. The molecule has 2 aliphatic heterocycles. The first-order valence-corrected chi connectivity index (χ1v) is 9.73. The molecule has 9 nitrogen and oxygen atoms in total. The molecule has 2 aromatic rings. The number of hydrogen-bond donors (Lipinski definition) is 4. The Morgan fingerprint density at radius 1 is 1.31 bits per heavy atom. The number of hydrogen-bond acceptors (Lipinski definition) is 9. The minimum absolute atomic E-state index is 0.0179. The lowest BCUT2D eigenvalue weighted by molar-refractivity contribution is 0.190. The topological polar surface area (TPSA) is 116 Å². The summed E-state index contributed by atoms with van der Waals surface area (Å²) in [5.41, 5.74) is 9.13. The van der Waals surface area contributed by atoms with Crippen LogP contribution >= 0.6 is 0 Å². The second kappa shape index (κ2) is 9.15. The van der Waals surface area contributed by atoms with Crippen molar-refractivity contribution in [3.8, 4) is 11.8 Å². The summed E-state index contributed by atoms with van der Waals surface area (Å²) >= 11 is 0. The zero-order valence-corrected chi connectivity index (χ0v) is 16.3. The lowest BCUT2D eigenvalue weighted by Crippen LogP contribution is -2.36. The summed E-state index contributed by atoms with van der Waals surface area (Å²) in [6.45, 7) is 2.41. The minimum atomic E-state index is -0.0179. The second-order valence-corrected chi connectivity index (χ2v) is 7.19. The lowest BCUT2D eigenvalue weighted by atomic mass is 10.0. The van der Waals surface area contributed by atoms with E-state index in [1.165, 1.54) is 11.8 Å². The number of nitrogens with one attached hydrogen (secondary N) is 4. The number of ether oxygens (including phenoxy) is 2. The number of hydrazine groups is 1. The van der Waals surface area contributed by atoms with Crippen molar-refractivity contribution in [1.82, 2.24) is 26.1 Å². The Morgan fingerprint density at radius 2 is 2.24 bits per heavy atom. The van der Waals surface area contributed by atoms with E-state index in [1.807, 2.05) is 6.07 Å². The van der Waals surface area contributed by atoms with Crippen LogP contribution in [0.1, 0.15) is 35.7 Å². The molecule has 3 unspecified atom stereocenters. The molecular formula is C20H25N7O2. The first kappa shape index (κ1) is 19.5. The van der Waals surface area contributed by atoms with Crippen molar-refractivity contribution in [2.24, 2.45) is 0 Å². The molecular weight excluding hydrogens is 370 g/mol. The zero-order chi connectivity index (χ0) is 20.1. The van der Waals surface area contributed by atoms with Gasteiger partial charge in [0.25, 0.3) is 0 Å². The van der Waals surface area contributed by atoms with Crippen LogP contribution in [0.25, 0.3) is 0 Å². The van der Waals surface area contributed by atoms with Gasteiger partial charge in [-0.2, -0.15) is 5.26 Å². The largest absolute Gasteiger partial charge is 0.496 e. The number of nitrogens with zero attached hydrogens (tertiary/aromatic N) is 3. The van der Waals surface area contributed by atoms with E-state index in [2.05, 4.69) is 49.7 Å². The Kier molecular flexibility index (Phi) is 6.17. The molecule has 0 aliphatic carbocycles. The summed E-state index contributed by atoms with van der Waals surface area (Å²) in [6.07, 6.45) is 4.86. The first-order chi connectivity index (χ1) is 14.2. The van der Waals surface area contributed by atoms with Crippen molar-refractivity contribution in [2.45, 2.75) is 37.6 Å². The van der Waals surface area contributed by atoms with Crippen LogP contribution in [0.4, 0.5) is 5.82 Å². The minimum Gasteiger partial charge on any atom is -0.496 e. The van der Waals surface area contributed by atoms with Gasteiger partial charge in [0.05, 0.1) is 38.3 Å². The van der Waals surface area contributed by atoms with E-state index in [0.29, 0.717) is 17.6 Å². The van der Waals surface area contributed by atoms with Gasteiger partial charge in [-0.15, -0.1) is 0 Å². The van der Waals surface area contributed by atoms with Crippen molar-refractivity contribution in [3.05, 3.63) is 47.4 Å². The average Bonchev–Trinajstić information content (AvgIpc) is 3.45. The molecule has 4 rings (SSSR count). The van der Waals surface area contributed by atoms with E-state index >= 15 is 0 Å². The predicted molar refractivity (Wildman–Crippen MR) is 107 cm³/mol. The van der Waals surface area contributed by atoms with Gasteiger partial charge in [0.15, 0.2) is 5.69 Å². The van der Waals surface area contributed by atoms with Crippen molar-refractivity contribution in [1.29, 1.82) is 5.26 Å². The van der Waals surface area contributed by atoms with Crippen LogP contribution in [0, 0.1) is 11.3 Å². The van der Waals surface area contributed by atoms with Crippen LogP contribution in [0.5, 0.6) is 5.75 Å². The smallest absolute Gasteiger partial charge is 0.158 e. The number of anilines is 1. The molecule has 9 heteroatoms. The van der Waals surface area contributed by atoms with Gasteiger partial charge in [-0.05, 0) is 18.1 Å². The Balaban J connectivity index is 1.36. The van der Waals surface area contributed by atoms with Crippen molar-refractivity contribution in [3.63, 3.8) is 0 Å². The third-order valence-corrected chi connectivity index (χ3v) is 5.19. The fourth-order valence-corrected chi connectivity index (χ4v) is 3.60. The molecule has 2 fully saturated rings. The van der Waals surface area contributed by atoms with Gasteiger partial charge in [0, 0.05) is 31.2 Å². The molecule has 1 aromatic carbocycles. The molecule has 0 saturated carbocycles. The Morgan fingerprint density at radius 3 is 2.97 bits per heavy atom. The summed E-state index contributed by atoms with van der Waals surface area (Å²) < 4.78 is 11.1. The molecule has 2 saturated heterocycles. The van der Waals surface area contributed by atoms with Crippen LogP contribution < -0.4 is 26.2 Å². The number of aromatic nitrogens is 2. The molecule has 0 radical (unpaired) electrons. The molecule has 0 amide bonds. The van der Waals surface area contributed by atoms with Gasteiger partial charge < -0.3 is 20.1 Å². The van der Waals surface area contributed by atoms with Gasteiger partial charge in [-0.1, -0.05) is 12.1 Å². The van der Waals surface area contributed by atoms with E-state index in [0.717, 1.165) is 43.9 Å². The molecule has 0 spiro atoms. The maximum atomic E-state index is 8.81. The second-order valence-electron chi connectivity index (χ2n) is 7.19. The quantitative estimate of drug-likeness (QED) is 0.549. The molecule has 2 aliphatic rings. The maximum absolute atomic E-state index is 8.81. The van der Waals surface area contributed by atoms with Gasteiger partial charge >= 0.3 is 0 Å². The van der Waals surface area contributed by atoms with E-state index < -0.39 is 0 Å². The first-order valence-electron chi connectivity index (χ1n) is 9.73. The van der Waals surface area contributed by atoms with Gasteiger partial charge in [0.2, 0.25) is 0 Å². The highest BCUT2D eigenvalue weighted by molar-refractivity contribution is 5.41. The summed E-state index contributed by atoms with van der Waals surface area (Å²) in [5.74, 6) is 1.48. The third-order valence-electron chi connectivity index (χ3n) is 5.19. The Bertz CT molecular complexity index is 862. The van der Waals surface area contributed by atoms with Gasteiger partial charge in [0.1, 0.15) is 17.6 Å². The van der Waals surface area contributed by atoms with E-state index in [4.69, 9.17) is 14.7 Å². The number of nitriles is 1. The van der Waals surface area contributed by atoms with E-state index in [-0.39, 0.29) is 12.2 Å². The Hall–Kier alpha value is -2.77. The monoisotopic (exact) mass is 395 g/mol. The normalized spacial score (nSPS) is 23.7. The zero-order valence-electron chi connectivity index (χ0n) is 16.3. The lowest BCUT2D eigenvalue weighted by Gasteiger charge is -2.17. The third kappa shape index (κ3) is 4.81. The molecule has 0 bridgehead atoms. The van der Waals surface area contributed by atoms with Gasteiger partial charge in [-0.25, -0.2) is 20.8 Å². The average molecular weight is 395 g/mol. The molecule has 3 atom stereocenters. The highest BCUT2D eigenvalue weighted by atomic mass is 16.5. The number of methoxy groups -OCH3 is 1. The highest BCUT2D eigenvalue weighted by Crippen LogP contribution is 2.31. The summed E-state index contributed by atoms with van der Waals surface area (Å²) in [5, 5.41) is 15.6. The summed E-state index contributed by atoms with van der Waals surface area (Å²) in [6, 6.07) is 8.83. The summed E-state index contributed by atoms with van der Waals surface area (Å²) in [4.78, 5) is 8.24. The predicted octanol–water partition coefficient (Wildman–Crippen LogP) is 1.21. The van der Waals surface area contributed by atoms with E-state index in [1.54, 1.807) is 13.3 Å². The maximum Gasteiger partial charge on any atom is 0.158 e. The van der Waals surface area contributed by atoms with Crippen molar-refractivity contribution < 1.29 is 9.47 Å². The molecule has 29 heavy (non-hydrogen) atoms. The summed E-state index contributed by atoms with van der Waals surface area (Å²) in [7, 11) is 1.70. The SMILES string of the molecule is COc1cc(CNC2CCOC2)ccc1C1CC(Nc2cnc(C#N)cn2)NN1. The van der Waals surface area contributed by atoms with Crippen molar-refractivity contribution >= 4 is 5.82 Å². The molecule has 4 N–H and O–H groups in total. The fraction of sp³-hybridized carbons (Fsp3) is 0.450. The highest BCUT2D eigenvalue weighted by Gasteiger charge is 2.27. The van der Waals surface area contributed by atoms with Crippen LogP contribution in [-0.4, -0.2) is 42.5 Å². The van der Waals surface area contributed by atoms with Crippen LogP contribution in [0.15, 0.2) is 30.6 Å². The fourth-order valence-electron chi connectivity index (χ4n) is 3.60. The molecule has 1 aromatic heterocycles. The van der Waals surface area contributed by atoms with Crippen LogP contribution in [0.3, 0.4) is 0 Å². The van der Waals surface area contributed by atoms with Crippen molar-refractivity contribution in [2.75, 3.05) is 25.6 Å². The molecule has 152 valence electrons. The van der Waals surface area contributed by atoms with E-state index in [9.17, 15) is 0 Å². The van der Waals surface area contributed by atoms with Crippen LogP contribution in [-0.2, 0) is 11.3 Å².